The van der Waals surface area contributed by atoms with Crippen LogP contribution >= 0.6 is 0 Å². The number of nitrogens with zero attached hydrogens (tertiary/aromatic N) is 8. The molecule has 1 aromatic carbocycles. The number of anilines is 3. The molecule has 39 heavy (non-hydrogen) atoms. The number of piperidine rings is 1. The Bertz CT molecular complexity index is 1670. The van der Waals surface area contributed by atoms with Gasteiger partial charge in [0.15, 0.2) is 11.6 Å². The maximum atomic E-state index is 8.98. The number of nitrogens with one attached hydrogen (secondary N) is 2. The third kappa shape index (κ3) is 4.43. The smallest absolute Gasteiger partial charge is 0.163 e. The van der Waals surface area contributed by atoms with Crippen molar-refractivity contribution in [2.75, 3.05) is 23.3 Å². The SMILES string of the molecule is Cc1cc(Nc2nc(-c3ccc(N4CC5CC(C4)N5Cc4ccc(C#N)nc4)nc3)nc3ccccc23)n[nH]1. The molecule has 2 N–H and O–H groups in total. The van der Waals surface area contributed by atoms with E-state index in [0.717, 1.165) is 53.2 Å². The first kappa shape index (κ1) is 23.3. The number of benzene rings is 1. The standard InChI is InChI=1S/C29H26N10/c1-18-10-26(37-36-18)34-29-24-4-2-3-5-25(24)33-28(35-29)20-7-9-27(32-14-20)38-16-22-11-23(17-38)39(22)15-19-6-8-21(12-30)31-13-19/h2-10,13-14,22-23H,11,15-17H2,1H3,(H2,33,34,35,36,37). The van der Waals surface area contributed by atoms with Crippen LogP contribution < -0.4 is 10.2 Å². The number of piperazine rings is 1. The van der Waals surface area contributed by atoms with Crippen LogP contribution in [0.4, 0.5) is 17.5 Å². The number of nitriles is 1. The maximum Gasteiger partial charge on any atom is 0.163 e. The lowest BCUT2D eigenvalue weighted by Gasteiger charge is -2.56. The largest absolute Gasteiger partial charge is 0.353 e. The Morgan fingerprint density at radius 1 is 1.03 bits per heavy atom. The molecule has 10 nitrogen and oxygen atoms in total. The zero-order valence-corrected chi connectivity index (χ0v) is 21.4. The zero-order valence-electron chi connectivity index (χ0n) is 21.4. The average molecular weight is 515 g/mol. The van der Waals surface area contributed by atoms with Crippen molar-refractivity contribution in [1.82, 2.24) is 35.0 Å². The third-order valence-corrected chi connectivity index (χ3v) is 7.53. The summed E-state index contributed by atoms with van der Waals surface area (Å²) in [6.45, 7) is 4.71. The van der Waals surface area contributed by atoms with Crippen LogP contribution in [-0.4, -0.2) is 60.2 Å². The van der Waals surface area contributed by atoms with Crippen molar-refractivity contribution in [2.45, 2.75) is 32.0 Å². The van der Waals surface area contributed by atoms with Gasteiger partial charge in [-0.1, -0.05) is 18.2 Å². The molecule has 10 heteroatoms. The van der Waals surface area contributed by atoms with Gasteiger partial charge in [0.2, 0.25) is 0 Å². The van der Waals surface area contributed by atoms with Crippen LogP contribution in [0, 0.1) is 18.3 Å². The van der Waals surface area contributed by atoms with E-state index in [4.69, 9.17) is 20.2 Å². The normalized spacial score (nSPS) is 18.5. The number of hydrogen-bond acceptors (Lipinski definition) is 9. The summed E-state index contributed by atoms with van der Waals surface area (Å²) in [5, 5.41) is 20.5. The van der Waals surface area contributed by atoms with Gasteiger partial charge in [-0.05, 0) is 49.2 Å². The number of rotatable bonds is 6. The summed E-state index contributed by atoms with van der Waals surface area (Å²) in [6.07, 6.45) is 4.88. The second kappa shape index (κ2) is 9.45. The molecule has 3 saturated heterocycles. The molecule has 5 aromatic rings. The van der Waals surface area contributed by atoms with Gasteiger partial charge in [-0.25, -0.2) is 19.9 Å². The molecule has 0 saturated carbocycles. The fourth-order valence-electron chi connectivity index (χ4n) is 5.54. The molecule has 2 bridgehead atoms. The minimum Gasteiger partial charge on any atom is -0.353 e. The molecule has 3 aliphatic rings. The van der Waals surface area contributed by atoms with Crippen molar-refractivity contribution < 1.29 is 0 Å². The number of pyridine rings is 2. The molecule has 192 valence electrons. The first-order chi connectivity index (χ1) is 19.1. The van der Waals surface area contributed by atoms with E-state index in [1.807, 2.05) is 55.7 Å². The van der Waals surface area contributed by atoms with E-state index in [1.165, 1.54) is 6.42 Å². The molecule has 3 fully saturated rings. The van der Waals surface area contributed by atoms with E-state index in [2.05, 4.69) is 48.5 Å². The fourth-order valence-corrected chi connectivity index (χ4v) is 5.54. The van der Waals surface area contributed by atoms with Crippen molar-refractivity contribution in [2.24, 2.45) is 0 Å². The lowest BCUT2D eigenvalue weighted by molar-refractivity contribution is -0.00875. The fraction of sp³-hybridized carbons (Fsp3) is 0.241. The van der Waals surface area contributed by atoms with Crippen LogP contribution in [0.15, 0.2) is 67.0 Å². The molecule has 0 aliphatic carbocycles. The zero-order chi connectivity index (χ0) is 26.3. The minimum absolute atomic E-state index is 0.456. The van der Waals surface area contributed by atoms with Gasteiger partial charge in [-0.3, -0.25) is 10.00 Å². The number of aromatic amines is 1. The lowest BCUT2D eigenvalue weighted by Crippen LogP contribution is -2.68. The summed E-state index contributed by atoms with van der Waals surface area (Å²) in [6, 6.07) is 20.9. The van der Waals surface area contributed by atoms with Crippen LogP contribution in [0.1, 0.15) is 23.4 Å². The van der Waals surface area contributed by atoms with Crippen LogP contribution in [-0.2, 0) is 6.54 Å². The second-order valence-corrected chi connectivity index (χ2v) is 10.2. The Kier molecular flexibility index (Phi) is 5.64. The summed E-state index contributed by atoms with van der Waals surface area (Å²) in [5.41, 5.74) is 4.29. The van der Waals surface area contributed by atoms with Crippen molar-refractivity contribution in [1.29, 1.82) is 5.26 Å². The predicted octanol–water partition coefficient (Wildman–Crippen LogP) is 4.20. The Morgan fingerprint density at radius 3 is 2.62 bits per heavy atom. The highest BCUT2D eigenvalue weighted by atomic mass is 15.4. The summed E-state index contributed by atoms with van der Waals surface area (Å²) < 4.78 is 0. The van der Waals surface area contributed by atoms with E-state index in [0.29, 0.717) is 35.2 Å². The van der Waals surface area contributed by atoms with E-state index < -0.39 is 0 Å². The molecule has 3 aliphatic heterocycles. The van der Waals surface area contributed by atoms with Crippen LogP contribution in [0.3, 0.4) is 0 Å². The summed E-state index contributed by atoms with van der Waals surface area (Å²) in [5.74, 6) is 3.01. The molecule has 0 amide bonds. The van der Waals surface area contributed by atoms with E-state index in [-0.39, 0.29) is 0 Å². The first-order valence-corrected chi connectivity index (χ1v) is 13.0. The van der Waals surface area contributed by atoms with Crippen LogP contribution in [0.25, 0.3) is 22.3 Å². The molecular formula is C29H26N10. The predicted molar refractivity (Wildman–Crippen MR) is 148 cm³/mol. The minimum atomic E-state index is 0.456. The number of aromatic nitrogens is 6. The number of fused-ring (bicyclic) bond motifs is 3. The van der Waals surface area contributed by atoms with E-state index in [1.54, 1.807) is 6.07 Å². The van der Waals surface area contributed by atoms with Gasteiger partial charge in [-0.2, -0.15) is 10.4 Å². The van der Waals surface area contributed by atoms with Crippen LogP contribution in [0.2, 0.25) is 0 Å². The van der Waals surface area contributed by atoms with Crippen LogP contribution in [0.5, 0.6) is 0 Å². The highest BCUT2D eigenvalue weighted by Crippen LogP contribution is 2.36. The van der Waals surface area contributed by atoms with Gasteiger partial charge >= 0.3 is 0 Å². The van der Waals surface area contributed by atoms with Crippen molar-refractivity contribution >= 4 is 28.4 Å². The molecule has 8 rings (SSSR count). The molecule has 0 radical (unpaired) electrons. The molecular weight excluding hydrogens is 488 g/mol. The Morgan fingerprint density at radius 2 is 1.90 bits per heavy atom. The summed E-state index contributed by atoms with van der Waals surface area (Å²) in [4.78, 5) is 23.6. The first-order valence-electron chi connectivity index (χ1n) is 13.0. The van der Waals surface area contributed by atoms with Gasteiger partial charge in [0.05, 0.1) is 5.52 Å². The van der Waals surface area contributed by atoms with Gasteiger partial charge in [-0.15, -0.1) is 0 Å². The number of hydrogen-bond donors (Lipinski definition) is 2. The number of aryl methyl sites for hydroxylation is 1. The summed E-state index contributed by atoms with van der Waals surface area (Å²) >= 11 is 0. The second-order valence-electron chi connectivity index (χ2n) is 10.2. The monoisotopic (exact) mass is 514 g/mol. The molecule has 2 atom stereocenters. The summed E-state index contributed by atoms with van der Waals surface area (Å²) in [7, 11) is 0. The van der Waals surface area contributed by atoms with Crippen molar-refractivity contribution in [3.8, 4) is 17.5 Å². The highest BCUT2D eigenvalue weighted by molar-refractivity contribution is 5.92. The topological polar surface area (TPSA) is 123 Å². The number of para-hydroxylation sites is 1. The quantitative estimate of drug-likeness (QED) is 0.343. The van der Waals surface area contributed by atoms with Crippen molar-refractivity contribution in [3.05, 3.63) is 83.9 Å². The van der Waals surface area contributed by atoms with Crippen molar-refractivity contribution in [3.63, 3.8) is 0 Å². The molecule has 0 spiro atoms. The van der Waals surface area contributed by atoms with Gasteiger partial charge in [0, 0.05) is 66.8 Å². The van der Waals surface area contributed by atoms with Gasteiger partial charge in [0.25, 0.3) is 0 Å². The third-order valence-electron chi connectivity index (χ3n) is 7.53. The Balaban J connectivity index is 1.08. The molecule has 2 unspecified atom stereocenters. The molecule has 4 aromatic heterocycles. The average Bonchev–Trinajstić information content (AvgIpc) is 3.40. The Hall–Kier alpha value is -4.88. The highest BCUT2D eigenvalue weighted by Gasteiger charge is 2.44. The molecule has 7 heterocycles. The van der Waals surface area contributed by atoms with Gasteiger partial charge < -0.3 is 10.2 Å². The van der Waals surface area contributed by atoms with Gasteiger partial charge in [0.1, 0.15) is 23.4 Å². The maximum absolute atomic E-state index is 8.98. The van der Waals surface area contributed by atoms with E-state index in [9.17, 15) is 0 Å². The van der Waals surface area contributed by atoms with E-state index >= 15 is 0 Å². The Labute approximate surface area is 225 Å². The number of H-pyrrole nitrogens is 1. The lowest BCUT2D eigenvalue weighted by atomic mass is 9.87.